The average molecular weight is 919 g/mol. The van der Waals surface area contributed by atoms with Crippen molar-refractivity contribution < 1.29 is 95.2 Å². The van der Waals surface area contributed by atoms with Gasteiger partial charge in [0.2, 0.25) is 5.91 Å². The highest BCUT2D eigenvalue weighted by Crippen LogP contribution is 2.41. The SMILES string of the molecule is C[C@@H](O[C@H]1OCC(=O)N(O)[C@H]1c1ccc(F)cc1)c1cc(C(F)(F)F)cc(C(F)(F)F)c1.C[C@@H](O[C@H]1OCC(=O)N[C@H]1c1ccc(F)cc1)c1cc(C(F)(F)F)cc(C(F)(F)F)c1. The molecule has 4 aromatic carbocycles. The van der Waals surface area contributed by atoms with Crippen LogP contribution in [0, 0.1) is 11.6 Å². The van der Waals surface area contributed by atoms with Crippen LogP contribution in [-0.2, 0) is 53.2 Å². The van der Waals surface area contributed by atoms with E-state index in [4.69, 9.17) is 18.9 Å². The van der Waals surface area contributed by atoms with E-state index in [0.29, 0.717) is 29.8 Å². The van der Waals surface area contributed by atoms with E-state index in [1.165, 1.54) is 38.1 Å². The minimum absolute atomic E-state index is 0.0111. The van der Waals surface area contributed by atoms with Gasteiger partial charge in [-0.2, -0.15) is 52.7 Å². The fourth-order valence-electron chi connectivity index (χ4n) is 6.21. The molecule has 2 amide bonds. The fourth-order valence-corrected chi connectivity index (χ4v) is 6.21. The third kappa shape index (κ3) is 12.4. The number of morpholine rings is 2. The van der Waals surface area contributed by atoms with E-state index in [0.717, 1.165) is 24.3 Å². The Morgan fingerprint density at radius 3 is 1.35 bits per heavy atom. The maximum atomic E-state index is 13.2. The first kappa shape index (κ1) is 48.7. The Bertz CT molecular complexity index is 2170. The minimum Gasteiger partial charge on any atom is -0.342 e. The summed E-state index contributed by atoms with van der Waals surface area (Å²) in [5.41, 5.74) is -6.25. The Hall–Kier alpha value is -5.36. The molecule has 2 aliphatic rings. The van der Waals surface area contributed by atoms with Gasteiger partial charge in [0.15, 0.2) is 12.6 Å². The summed E-state index contributed by atoms with van der Waals surface area (Å²) in [5, 5.41) is 13.0. The molecule has 2 heterocycles. The summed E-state index contributed by atoms with van der Waals surface area (Å²) < 4.78 is 205. The van der Waals surface area contributed by atoms with E-state index in [1.807, 2.05) is 0 Å². The molecule has 23 heteroatoms. The summed E-state index contributed by atoms with van der Waals surface area (Å²) in [6.07, 6.45) is -25.4. The number of hydroxylamine groups is 2. The predicted octanol–water partition coefficient (Wildman–Crippen LogP) is 10.4. The van der Waals surface area contributed by atoms with Gasteiger partial charge in [0.1, 0.15) is 36.9 Å². The largest absolute Gasteiger partial charge is 0.416 e. The third-order valence-electron chi connectivity index (χ3n) is 9.39. The van der Waals surface area contributed by atoms with Crippen molar-refractivity contribution in [2.75, 3.05) is 13.2 Å². The molecule has 0 aliphatic carbocycles. The van der Waals surface area contributed by atoms with Gasteiger partial charge >= 0.3 is 24.7 Å². The van der Waals surface area contributed by atoms with E-state index in [1.54, 1.807) is 0 Å². The first-order valence-electron chi connectivity index (χ1n) is 18.1. The maximum Gasteiger partial charge on any atom is 0.416 e. The molecule has 6 rings (SSSR count). The standard InChI is InChI=1S/C20H16F7NO4.C20H16F7NO3/c1-10(12-6-13(19(22,23)24)8-14(7-12)20(25,26)27)32-18-17(28(30)16(29)9-31-18)11-2-4-15(21)5-3-11;1-10(12-6-13(19(22,23)24)8-14(7-12)20(25,26)27)31-18-17(28-16(29)9-30-18)11-2-4-15(21)5-3-11/h2-8,10,17-18,30H,9H2,1H3;2-8,10,17-18H,9H2,1H3,(H,28,29)/t2*10-,17+,18-/m11/s1. The van der Waals surface area contributed by atoms with Crippen LogP contribution in [0.5, 0.6) is 0 Å². The molecule has 2 saturated heterocycles. The monoisotopic (exact) mass is 918 g/mol. The van der Waals surface area contributed by atoms with Crippen molar-refractivity contribution in [2.24, 2.45) is 0 Å². The molecular formula is C40H32F14N2O7. The van der Waals surface area contributed by atoms with Crippen LogP contribution in [0.4, 0.5) is 61.5 Å². The number of halogens is 14. The molecule has 9 nitrogen and oxygen atoms in total. The Kier molecular flexibility index (Phi) is 14.5. The summed E-state index contributed by atoms with van der Waals surface area (Å²) in [6.45, 7) is 1.38. The topological polar surface area (TPSA) is 107 Å². The first-order valence-corrected chi connectivity index (χ1v) is 18.1. The Balaban J connectivity index is 0.000000238. The van der Waals surface area contributed by atoms with Crippen molar-refractivity contribution in [3.63, 3.8) is 0 Å². The zero-order valence-corrected chi connectivity index (χ0v) is 32.1. The van der Waals surface area contributed by atoms with Crippen molar-refractivity contribution >= 4 is 11.8 Å². The van der Waals surface area contributed by atoms with Gasteiger partial charge in [-0.15, -0.1) is 0 Å². The van der Waals surface area contributed by atoms with Crippen LogP contribution in [0.3, 0.4) is 0 Å². The number of amides is 2. The number of carbonyl (C=O) groups excluding carboxylic acids is 2. The van der Waals surface area contributed by atoms with E-state index in [9.17, 15) is 76.3 Å². The number of ether oxygens (including phenoxy) is 4. The van der Waals surface area contributed by atoms with Crippen molar-refractivity contribution in [3.8, 4) is 0 Å². The summed E-state index contributed by atoms with van der Waals surface area (Å²) in [6, 6.07) is 9.33. The highest BCUT2D eigenvalue weighted by Gasteiger charge is 2.42. The van der Waals surface area contributed by atoms with Crippen LogP contribution in [0.1, 0.15) is 82.6 Å². The van der Waals surface area contributed by atoms with Gasteiger partial charge < -0.3 is 24.3 Å². The molecule has 2 fully saturated rings. The summed E-state index contributed by atoms with van der Waals surface area (Å²) in [7, 11) is 0. The van der Waals surface area contributed by atoms with Crippen molar-refractivity contribution in [2.45, 2.75) is 75.4 Å². The Morgan fingerprint density at radius 1 is 0.587 bits per heavy atom. The second kappa shape index (κ2) is 18.8. The Labute approximate surface area is 347 Å². The molecule has 342 valence electrons. The van der Waals surface area contributed by atoms with Gasteiger partial charge in [-0.05, 0) is 96.8 Å². The first-order chi connectivity index (χ1) is 29.1. The average Bonchev–Trinajstić information content (AvgIpc) is 3.19. The van der Waals surface area contributed by atoms with Gasteiger partial charge in [0, 0.05) is 0 Å². The number of rotatable bonds is 8. The van der Waals surface area contributed by atoms with Crippen LogP contribution in [0.15, 0.2) is 84.9 Å². The fraction of sp³-hybridized carbons (Fsp3) is 0.350. The molecular weight excluding hydrogens is 886 g/mol. The molecule has 0 unspecified atom stereocenters. The van der Waals surface area contributed by atoms with Crippen molar-refractivity contribution in [1.29, 1.82) is 0 Å². The van der Waals surface area contributed by atoms with Crippen LogP contribution in [0.25, 0.3) is 0 Å². The highest BCUT2D eigenvalue weighted by atomic mass is 19.4. The second-order valence-corrected chi connectivity index (χ2v) is 13.9. The van der Waals surface area contributed by atoms with Gasteiger partial charge in [-0.25, -0.2) is 13.8 Å². The lowest BCUT2D eigenvalue weighted by molar-refractivity contribution is -0.275. The number of alkyl halides is 12. The molecule has 0 bridgehead atoms. The molecule has 0 spiro atoms. The molecule has 2 aliphatic heterocycles. The van der Waals surface area contributed by atoms with Gasteiger partial charge in [-0.3, -0.25) is 14.8 Å². The summed E-state index contributed by atoms with van der Waals surface area (Å²) >= 11 is 0. The lowest BCUT2D eigenvalue weighted by atomic mass is 10.0. The van der Waals surface area contributed by atoms with Crippen LogP contribution >= 0.6 is 0 Å². The molecule has 2 N–H and O–H groups in total. The van der Waals surface area contributed by atoms with E-state index in [-0.39, 0.29) is 28.3 Å². The van der Waals surface area contributed by atoms with Crippen molar-refractivity contribution in [1.82, 2.24) is 10.4 Å². The zero-order chi connectivity index (χ0) is 46.8. The second-order valence-electron chi connectivity index (χ2n) is 13.9. The summed E-state index contributed by atoms with van der Waals surface area (Å²) in [5.74, 6) is -2.54. The van der Waals surface area contributed by atoms with Crippen LogP contribution < -0.4 is 5.32 Å². The van der Waals surface area contributed by atoms with E-state index in [2.05, 4.69) is 5.32 Å². The molecule has 4 aromatic rings. The van der Waals surface area contributed by atoms with Gasteiger partial charge in [0.25, 0.3) is 5.91 Å². The lowest BCUT2D eigenvalue weighted by Crippen LogP contribution is -2.48. The number of nitrogens with zero attached hydrogens (tertiary/aromatic N) is 1. The number of benzene rings is 4. The number of hydrogen-bond donors (Lipinski definition) is 2. The summed E-state index contributed by atoms with van der Waals surface area (Å²) in [4.78, 5) is 23.5. The number of carbonyl (C=O) groups is 2. The minimum atomic E-state index is -5.04. The van der Waals surface area contributed by atoms with Gasteiger partial charge in [-0.1, -0.05) is 24.3 Å². The lowest BCUT2D eigenvalue weighted by Gasteiger charge is -2.38. The quantitative estimate of drug-likeness (QED) is 0.134. The maximum absolute atomic E-state index is 13.2. The van der Waals surface area contributed by atoms with E-state index < -0.39 is 126 Å². The molecule has 0 aromatic heterocycles. The Morgan fingerprint density at radius 2 is 0.952 bits per heavy atom. The van der Waals surface area contributed by atoms with E-state index >= 15 is 0 Å². The van der Waals surface area contributed by atoms with Crippen LogP contribution in [-0.4, -0.2) is 47.9 Å². The highest BCUT2D eigenvalue weighted by molar-refractivity contribution is 5.78. The predicted molar refractivity (Wildman–Crippen MR) is 186 cm³/mol. The molecule has 0 saturated carbocycles. The van der Waals surface area contributed by atoms with Gasteiger partial charge in [0.05, 0.1) is 34.5 Å². The molecule has 0 radical (unpaired) electrons. The normalized spacial score (nSPS) is 21.0. The zero-order valence-electron chi connectivity index (χ0n) is 32.1. The number of nitrogens with one attached hydrogen (secondary N) is 1. The van der Waals surface area contributed by atoms with Crippen molar-refractivity contribution in [3.05, 3.63) is 141 Å². The number of hydrogen-bond acceptors (Lipinski definition) is 7. The van der Waals surface area contributed by atoms with Crippen LogP contribution in [0.2, 0.25) is 0 Å². The smallest absolute Gasteiger partial charge is 0.342 e. The molecule has 6 atom stereocenters. The molecule has 63 heavy (non-hydrogen) atoms. The third-order valence-corrected chi connectivity index (χ3v) is 9.39.